The third-order valence-electron chi connectivity index (χ3n) is 2.24. The van der Waals surface area contributed by atoms with Crippen molar-refractivity contribution in [3.05, 3.63) is 36.4 Å². The van der Waals surface area contributed by atoms with Crippen LogP contribution in [0.1, 0.15) is 0 Å². The van der Waals surface area contributed by atoms with Crippen LogP contribution in [0.25, 0.3) is 10.8 Å². The molecule has 0 bridgehead atoms. The lowest BCUT2D eigenvalue weighted by atomic mass is 10.1. The van der Waals surface area contributed by atoms with Gasteiger partial charge in [-0.3, -0.25) is 0 Å². The number of halogens is 2. The van der Waals surface area contributed by atoms with Gasteiger partial charge in [-0.15, -0.1) is 0 Å². The van der Waals surface area contributed by atoms with E-state index in [1.807, 2.05) is 24.3 Å². The Bertz CT molecular complexity index is 471. The number of hydrogen-bond donors (Lipinski definition) is 2. The summed E-state index contributed by atoms with van der Waals surface area (Å²) < 4.78 is 0. The highest BCUT2D eigenvalue weighted by Gasteiger charge is 2.16. The highest BCUT2D eigenvalue weighted by atomic mass is 35.7. The van der Waals surface area contributed by atoms with Crippen LogP contribution in [-0.2, 0) is 0 Å². The molecular weight excluding hydrogens is 285 g/mol. The number of rotatable bonds is 2. The maximum absolute atomic E-state index is 9.48. The SMILES string of the molecule is OP(Cl)c1cc2ccccc2cc1P(O)Cl. The van der Waals surface area contributed by atoms with E-state index in [0.717, 1.165) is 10.8 Å². The Labute approximate surface area is 105 Å². The molecule has 2 aromatic rings. The molecule has 0 saturated heterocycles. The Hall–Kier alpha value is 0.0600. The lowest BCUT2D eigenvalue weighted by Gasteiger charge is -2.12. The van der Waals surface area contributed by atoms with Gasteiger partial charge in [0.1, 0.15) is 0 Å². The summed E-state index contributed by atoms with van der Waals surface area (Å²) in [5.74, 6) is 0. The summed E-state index contributed by atoms with van der Waals surface area (Å²) in [6.07, 6.45) is 0. The van der Waals surface area contributed by atoms with Gasteiger partial charge in [0.25, 0.3) is 0 Å². The molecule has 0 aromatic heterocycles. The van der Waals surface area contributed by atoms with E-state index in [1.165, 1.54) is 0 Å². The molecule has 2 aromatic carbocycles. The van der Waals surface area contributed by atoms with Crippen LogP contribution in [0.4, 0.5) is 0 Å². The molecule has 2 rings (SSSR count). The van der Waals surface area contributed by atoms with Crippen molar-refractivity contribution in [2.24, 2.45) is 0 Å². The molecule has 0 aliphatic heterocycles. The molecule has 16 heavy (non-hydrogen) atoms. The first-order valence-corrected chi connectivity index (χ1v) is 8.82. The molecule has 84 valence electrons. The molecule has 2 atom stereocenters. The van der Waals surface area contributed by atoms with Gasteiger partial charge in [0.15, 0.2) is 15.0 Å². The maximum atomic E-state index is 9.48. The highest BCUT2D eigenvalue weighted by molar-refractivity contribution is 7.90. The molecule has 6 heteroatoms. The van der Waals surface area contributed by atoms with Crippen molar-refractivity contribution in [1.29, 1.82) is 0 Å². The molecule has 0 aliphatic carbocycles. The largest absolute Gasteiger partial charge is 0.356 e. The minimum Gasteiger partial charge on any atom is -0.356 e. The van der Waals surface area contributed by atoms with E-state index in [0.29, 0.717) is 10.6 Å². The van der Waals surface area contributed by atoms with Crippen LogP contribution in [0.5, 0.6) is 0 Å². The van der Waals surface area contributed by atoms with Crippen LogP contribution in [0.2, 0.25) is 0 Å². The highest BCUT2D eigenvalue weighted by Crippen LogP contribution is 2.41. The predicted octanol–water partition coefficient (Wildman–Crippen LogP) is 3.18. The van der Waals surface area contributed by atoms with Gasteiger partial charge in [-0.1, -0.05) is 46.7 Å². The molecule has 2 unspecified atom stereocenters. The third kappa shape index (κ3) is 2.49. The van der Waals surface area contributed by atoms with Crippen LogP contribution >= 0.6 is 37.5 Å². The zero-order chi connectivity index (χ0) is 11.7. The molecule has 2 N–H and O–H groups in total. The van der Waals surface area contributed by atoms with Gasteiger partial charge in [-0.2, -0.15) is 0 Å². The van der Waals surface area contributed by atoms with Gasteiger partial charge in [0.05, 0.1) is 0 Å². The maximum Gasteiger partial charge on any atom is 0.155 e. The Morgan fingerprint density at radius 2 is 1.19 bits per heavy atom. The minimum absolute atomic E-state index is 0.527. The molecular formula is C10H8Cl2O2P2. The van der Waals surface area contributed by atoms with E-state index in [9.17, 15) is 9.79 Å². The van der Waals surface area contributed by atoms with Gasteiger partial charge in [-0.25, -0.2) is 0 Å². The first-order valence-electron chi connectivity index (χ1n) is 4.42. The monoisotopic (exact) mass is 292 g/mol. The van der Waals surface area contributed by atoms with E-state index in [4.69, 9.17) is 22.5 Å². The second-order valence-corrected chi connectivity index (χ2v) is 7.13. The Balaban J connectivity index is 2.71. The second-order valence-electron chi connectivity index (χ2n) is 3.21. The molecule has 0 fully saturated rings. The van der Waals surface area contributed by atoms with Gasteiger partial charge < -0.3 is 9.79 Å². The summed E-state index contributed by atoms with van der Waals surface area (Å²) in [5.41, 5.74) is 0. The average molecular weight is 293 g/mol. The fraction of sp³-hybridized carbons (Fsp3) is 0. The Kier molecular flexibility index (Phi) is 4.02. The third-order valence-corrected chi connectivity index (χ3v) is 5.04. The quantitative estimate of drug-likeness (QED) is 0.835. The van der Waals surface area contributed by atoms with E-state index in [2.05, 4.69) is 0 Å². The molecule has 0 aliphatic rings. The molecule has 0 spiro atoms. The number of benzene rings is 2. The lowest BCUT2D eigenvalue weighted by Crippen LogP contribution is -2.18. The molecule has 0 heterocycles. The van der Waals surface area contributed by atoms with Crippen LogP contribution in [0, 0.1) is 0 Å². The zero-order valence-corrected chi connectivity index (χ0v) is 11.3. The van der Waals surface area contributed by atoms with Gasteiger partial charge >= 0.3 is 0 Å². The fourth-order valence-corrected chi connectivity index (χ4v) is 4.27. The normalized spacial score (nSPS) is 15.0. The number of fused-ring (bicyclic) bond motifs is 1. The van der Waals surface area contributed by atoms with Crippen LogP contribution in [-0.4, -0.2) is 9.79 Å². The van der Waals surface area contributed by atoms with Gasteiger partial charge in [-0.05, 0) is 22.9 Å². The minimum atomic E-state index is -1.78. The average Bonchev–Trinajstić information content (AvgIpc) is 2.27. The standard InChI is InChI=1S/C10H8Cl2O2P2/c11-15(13)9-5-7-3-1-2-4-8(7)6-10(9)16(12)14/h1-6,13-14H. The van der Waals surface area contributed by atoms with Crippen LogP contribution in [0.3, 0.4) is 0 Å². The first-order chi connectivity index (χ1) is 7.59. The number of hydrogen-bond acceptors (Lipinski definition) is 2. The smallest absolute Gasteiger partial charge is 0.155 e. The van der Waals surface area contributed by atoms with E-state index in [1.54, 1.807) is 12.1 Å². The van der Waals surface area contributed by atoms with Crippen LogP contribution in [0.15, 0.2) is 36.4 Å². The Morgan fingerprint density at radius 3 is 1.50 bits per heavy atom. The van der Waals surface area contributed by atoms with Crippen molar-refractivity contribution in [2.45, 2.75) is 0 Å². The van der Waals surface area contributed by atoms with Crippen molar-refractivity contribution in [2.75, 3.05) is 0 Å². The van der Waals surface area contributed by atoms with E-state index in [-0.39, 0.29) is 0 Å². The first kappa shape index (κ1) is 12.5. The molecule has 0 saturated carbocycles. The summed E-state index contributed by atoms with van der Waals surface area (Å²) in [6.45, 7) is 0. The molecule has 0 radical (unpaired) electrons. The second kappa shape index (κ2) is 5.14. The summed E-state index contributed by atoms with van der Waals surface area (Å²) in [5, 5.41) is 2.99. The summed E-state index contributed by atoms with van der Waals surface area (Å²) in [4.78, 5) is 19.0. The fourth-order valence-electron chi connectivity index (χ4n) is 1.51. The van der Waals surface area contributed by atoms with Crippen molar-refractivity contribution < 1.29 is 9.79 Å². The lowest BCUT2D eigenvalue weighted by molar-refractivity contribution is 0.646. The van der Waals surface area contributed by atoms with Crippen LogP contribution < -0.4 is 10.6 Å². The molecule has 2 nitrogen and oxygen atoms in total. The molecule has 0 amide bonds. The summed E-state index contributed by atoms with van der Waals surface area (Å²) in [6, 6.07) is 11.2. The van der Waals surface area contributed by atoms with Crippen molar-refractivity contribution in [3.8, 4) is 0 Å². The van der Waals surface area contributed by atoms with Gasteiger partial charge in [0, 0.05) is 10.6 Å². The topological polar surface area (TPSA) is 40.5 Å². The van der Waals surface area contributed by atoms with Gasteiger partial charge in [0.2, 0.25) is 0 Å². The zero-order valence-electron chi connectivity index (χ0n) is 8.01. The van der Waals surface area contributed by atoms with Crippen molar-refractivity contribution in [3.63, 3.8) is 0 Å². The van der Waals surface area contributed by atoms with E-state index < -0.39 is 15.0 Å². The summed E-state index contributed by atoms with van der Waals surface area (Å²) >= 11 is 11.4. The van der Waals surface area contributed by atoms with Crippen molar-refractivity contribution >= 4 is 58.9 Å². The predicted molar refractivity (Wildman–Crippen MR) is 73.2 cm³/mol. The summed E-state index contributed by atoms with van der Waals surface area (Å²) in [7, 11) is -3.56. The van der Waals surface area contributed by atoms with E-state index >= 15 is 0 Å². The van der Waals surface area contributed by atoms with Crippen molar-refractivity contribution in [1.82, 2.24) is 0 Å². The Morgan fingerprint density at radius 1 is 0.812 bits per heavy atom.